The molecule has 5 nitrogen and oxygen atoms in total. The van der Waals surface area contributed by atoms with E-state index in [1.165, 1.54) is 38.5 Å². The number of methoxy groups -OCH3 is 2. The van der Waals surface area contributed by atoms with E-state index in [1.54, 1.807) is 6.07 Å². The number of carbonyl (C=O) groups is 1. The lowest BCUT2D eigenvalue weighted by Crippen LogP contribution is -2.06. The molecule has 28 heavy (non-hydrogen) atoms. The van der Waals surface area contributed by atoms with E-state index >= 15 is 0 Å². The average Bonchev–Trinajstić information content (AvgIpc) is 2.65. The lowest BCUT2D eigenvalue weighted by atomic mass is 10.1. The summed E-state index contributed by atoms with van der Waals surface area (Å²) in [6.45, 7) is -6.30. The number of carbonyl (C=O) groups excluding carboxylic acids is 1. The molecule has 0 aliphatic heterocycles. The molecule has 9 heteroatoms. The summed E-state index contributed by atoms with van der Waals surface area (Å²) < 4.78 is 68.4. The van der Waals surface area contributed by atoms with Crippen molar-refractivity contribution in [3.8, 4) is 23.0 Å². The molecule has 0 spiro atoms. The van der Waals surface area contributed by atoms with Gasteiger partial charge in [0.15, 0.2) is 17.3 Å². The van der Waals surface area contributed by atoms with Crippen LogP contribution in [0.5, 0.6) is 23.0 Å². The molecular formula is C19H16F4O5. The Labute approximate surface area is 158 Å². The topological polar surface area (TPSA) is 54.0 Å². The lowest BCUT2D eigenvalue weighted by molar-refractivity contribution is -0.0543. The molecule has 0 bridgehead atoms. The fourth-order valence-corrected chi connectivity index (χ4v) is 2.28. The van der Waals surface area contributed by atoms with Gasteiger partial charge in [0.2, 0.25) is 0 Å². The van der Waals surface area contributed by atoms with Crippen LogP contribution < -0.4 is 18.9 Å². The van der Waals surface area contributed by atoms with Gasteiger partial charge in [0.1, 0.15) is 11.5 Å². The van der Waals surface area contributed by atoms with E-state index in [0.717, 1.165) is 18.2 Å². The van der Waals surface area contributed by atoms with Crippen molar-refractivity contribution in [3.05, 3.63) is 53.6 Å². The van der Waals surface area contributed by atoms with Crippen molar-refractivity contribution < 1.29 is 41.3 Å². The monoisotopic (exact) mass is 400 g/mol. The predicted octanol–water partition coefficient (Wildman–Crippen LogP) is 4.80. The smallest absolute Gasteiger partial charge is 0.387 e. The average molecular weight is 400 g/mol. The minimum absolute atomic E-state index is 0.0794. The van der Waals surface area contributed by atoms with Gasteiger partial charge in [-0.1, -0.05) is 0 Å². The number of hydrogen-bond acceptors (Lipinski definition) is 5. The Morgan fingerprint density at radius 3 is 2.14 bits per heavy atom. The van der Waals surface area contributed by atoms with Gasteiger partial charge < -0.3 is 18.9 Å². The maximum atomic E-state index is 12.6. The van der Waals surface area contributed by atoms with Gasteiger partial charge in [-0.05, 0) is 42.5 Å². The third-order valence-corrected chi connectivity index (χ3v) is 3.51. The number of ether oxygens (including phenoxy) is 4. The van der Waals surface area contributed by atoms with E-state index in [1.807, 2.05) is 0 Å². The van der Waals surface area contributed by atoms with E-state index in [-0.39, 0.29) is 16.9 Å². The Balaban J connectivity index is 2.27. The largest absolute Gasteiger partial charge is 0.493 e. The third-order valence-electron chi connectivity index (χ3n) is 3.51. The molecule has 0 atom stereocenters. The number of benzene rings is 2. The number of allylic oxidation sites excluding steroid dienone is 1. The summed E-state index contributed by atoms with van der Waals surface area (Å²) in [6, 6.07) is 7.76. The summed E-state index contributed by atoms with van der Waals surface area (Å²) in [4.78, 5) is 12.3. The van der Waals surface area contributed by atoms with Crippen molar-refractivity contribution in [2.24, 2.45) is 0 Å². The van der Waals surface area contributed by atoms with Crippen LogP contribution in [0.2, 0.25) is 0 Å². The molecule has 0 fully saturated rings. The zero-order valence-corrected chi connectivity index (χ0v) is 14.8. The fraction of sp³-hybridized carbons (Fsp3) is 0.211. The van der Waals surface area contributed by atoms with Gasteiger partial charge in [-0.2, -0.15) is 17.6 Å². The molecular weight excluding hydrogens is 384 g/mol. The first kappa shape index (κ1) is 21.1. The normalized spacial score (nSPS) is 11.1. The molecule has 0 radical (unpaired) electrons. The number of halogens is 4. The Bertz CT molecular complexity index is 852. The molecule has 0 saturated heterocycles. The van der Waals surface area contributed by atoms with Crippen LogP contribution in [0.4, 0.5) is 17.6 Å². The Kier molecular flexibility index (Phi) is 7.25. The van der Waals surface area contributed by atoms with Crippen LogP contribution in [0.1, 0.15) is 15.9 Å². The van der Waals surface area contributed by atoms with Crippen molar-refractivity contribution in [2.45, 2.75) is 13.2 Å². The van der Waals surface area contributed by atoms with Gasteiger partial charge in [-0.25, -0.2) is 0 Å². The molecule has 2 aromatic rings. The molecule has 0 amide bonds. The molecule has 0 aliphatic carbocycles. The first-order valence-electron chi connectivity index (χ1n) is 7.82. The molecule has 0 saturated carbocycles. The van der Waals surface area contributed by atoms with Gasteiger partial charge >= 0.3 is 13.2 Å². The van der Waals surface area contributed by atoms with Crippen LogP contribution in [0.15, 0.2) is 42.5 Å². The van der Waals surface area contributed by atoms with Gasteiger partial charge in [0.05, 0.1) is 14.2 Å². The van der Waals surface area contributed by atoms with Crippen molar-refractivity contribution in [3.63, 3.8) is 0 Å². The highest BCUT2D eigenvalue weighted by molar-refractivity contribution is 6.07. The lowest BCUT2D eigenvalue weighted by Gasteiger charge is -2.11. The molecule has 0 unspecified atom stereocenters. The molecule has 2 aromatic carbocycles. The van der Waals surface area contributed by atoms with E-state index < -0.39 is 24.8 Å². The first-order valence-corrected chi connectivity index (χ1v) is 7.82. The highest BCUT2D eigenvalue weighted by atomic mass is 19.3. The number of ketones is 1. The second-order valence-electron chi connectivity index (χ2n) is 5.22. The maximum absolute atomic E-state index is 12.6. The van der Waals surface area contributed by atoms with Gasteiger partial charge in [-0.15, -0.1) is 0 Å². The second kappa shape index (κ2) is 9.63. The van der Waals surface area contributed by atoms with Crippen molar-refractivity contribution in [1.82, 2.24) is 0 Å². The van der Waals surface area contributed by atoms with Crippen LogP contribution in [-0.2, 0) is 0 Å². The molecule has 0 aromatic heterocycles. The molecule has 2 rings (SSSR count). The number of hydrogen-bond donors (Lipinski definition) is 0. The van der Waals surface area contributed by atoms with Crippen molar-refractivity contribution in [1.29, 1.82) is 0 Å². The Morgan fingerprint density at radius 2 is 1.54 bits per heavy atom. The summed E-state index contributed by atoms with van der Waals surface area (Å²) >= 11 is 0. The summed E-state index contributed by atoms with van der Waals surface area (Å²) in [6.07, 6.45) is 2.35. The number of alkyl halides is 4. The Morgan fingerprint density at radius 1 is 0.857 bits per heavy atom. The van der Waals surface area contributed by atoms with Crippen LogP contribution in [-0.4, -0.2) is 33.2 Å². The zero-order valence-electron chi connectivity index (χ0n) is 14.8. The zero-order chi connectivity index (χ0) is 20.7. The molecule has 150 valence electrons. The highest BCUT2D eigenvalue weighted by Gasteiger charge is 2.13. The van der Waals surface area contributed by atoms with E-state index in [0.29, 0.717) is 11.5 Å². The third kappa shape index (κ3) is 5.63. The van der Waals surface area contributed by atoms with E-state index in [4.69, 9.17) is 9.47 Å². The summed E-state index contributed by atoms with van der Waals surface area (Å²) in [5.41, 5.74) is 0.346. The molecule has 0 aliphatic rings. The summed E-state index contributed by atoms with van der Waals surface area (Å²) in [5.74, 6) is -0.433. The van der Waals surface area contributed by atoms with Crippen molar-refractivity contribution in [2.75, 3.05) is 14.2 Å². The van der Waals surface area contributed by atoms with Gasteiger partial charge in [0, 0.05) is 17.2 Å². The first-order chi connectivity index (χ1) is 13.3. The molecule has 0 N–H and O–H groups in total. The standard InChI is InChI=1S/C19H16F4O5/c1-25-15-8-5-12(9-17(15)26-2)14(24)7-4-11-3-6-13(27-18(20)21)10-16(11)28-19(22)23/h3-10,18-19H,1-2H3/b7-4+. The summed E-state index contributed by atoms with van der Waals surface area (Å²) in [7, 11) is 2.87. The minimum Gasteiger partial charge on any atom is -0.493 e. The summed E-state index contributed by atoms with van der Waals surface area (Å²) in [5, 5.41) is 0. The van der Waals surface area contributed by atoms with Crippen LogP contribution in [0.3, 0.4) is 0 Å². The van der Waals surface area contributed by atoms with Crippen LogP contribution >= 0.6 is 0 Å². The highest BCUT2D eigenvalue weighted by Crippen LogP contribution is 2.30. The Hall–Kier alpha value is -3.23. The maximum Gasteiger partial charge on any atom is 0.387 e. The van der Waals surface area contributed by atoms with E-state index in [2.05, 4.69) is 9.47 Å². The second-order valence-corrected chi connectivity index (χ2v) is 5.22. The van der Waals surface area contributed by atoms with Crippen LogP contribution in [0, 0.1) is 0 Å². The van der Waals surface area contributed by atoms with Gasteiger partial charge in [0.25, 0.3) is 0 Å². The fourth-order valence-electron chi connectivity index (χ4n) is 2.28. The van der Waals surface area contributed by atoms with Crippen molar-refractivity contribution >= 4 is 11.9 Å². The van der Waals surface area contributed by atoms with Gasteiger partial charge in [-0.3, -0.25) is 4.79 Å². The van der Waals surface area contributed by atoms with E-state index in [9.17, 15) is 22.4 Å². The number of rotatable bonds is 9. The SMILES string of the molecule is COc1ccc(C(=O)/C=C/c2ccc(OC(F)F)cc2OC(F)F)cc1OC. The quantitative estimate of drug-likeness (QED) is 0.344. The predicted molar refractivity (Wildman–Crippen MR) is 92.6 cm³/mol. The minimum atomic E-state index is -3.18. The van der Waals surface area contributed by atoms with Crippen LogP contribution in [0.25, 0.3) is 6.08 Å². The molecule has 0 heterocycles.